The minimum Gasteiger partial charge on any atom is -0.494 e. The fourth-order valence-corrected chi connectivity index (χ4v) is 1.80. The predicted octanol–water partition coefficient (Wildman–Crippen LogP) is 2.78. The fraction of sp³-hybridized carbons (Fsp3) is 0.333. The van der Waals surface area contributed by atoms with E-state index in [0.717, 1.165) is 42.1 Å². The molecule has 2 N–H and O–H groups in total. The van der Waals surface area contributed by atoms with Crippen LogP contribution in [0.1, 0.15) is 25.5 Å². The second-order valence-corrected chi connectivity index (χ2v) is 4.28. The van der Waals surface area contributed by atoms with E-state index in [9.17, 15) is 0 Å². The first kappa shape index (κ1) is 13.5. The molecule has 0 unspecified atom stereocenters. The smallest absolute Gasteiger partial charge is 0.119 e. The highest BCUT2D eigenvalue weighted by Gasteiger charge is 2.06. The van der Waals surface area contributed by atoms with Gasteiger partial charge in [0.2, 0.25) is 0 Å². The van der Waals surface area contributed by atoms with Crippen molar-refractivity contribution >= 4 is 0 Å². The maximum absolute atomic E-state index is 5.67. The van der Waals surface area contributed by atoms with E-state index < -0.39 is 0 Å². The molecule has 0 atom stereocenters. The zero-order valence-electron chi connectivity index (χ0n) is 11.2. The number of aromatic nitrogens is 2. The van der Waals surface area contributed by atoms with Crippen molar-refractivity contribution in [2.75, 3.05) is 6.61 Å². The minimum atomic E-state index is 0.387. The molecular formula is C15H19N3O. The molecule has 0 radical (unpaired) electrons. The molecule has 19 heavy (non-hydrogen) atoms. The van der Waals surface area contributed by atoms with Gasteiger partial charge in [0.05, 0.1) is 18.0 Å². The number of rotatable bonds is 6. The number of hydrogen-bond acceptors (Lipinski definition) is 4. The molecule has 0 saturated carbocycles. The van der Waals surface area contributed by atoms with Gasteiger partial charge in [-0.2, -0.15) is 0 Å². The lowest BCUT2D eigenvalue weighted by Gasteiger charge is -2.08. The Labute approximate surface area is 113 Å². The van der Waals surface area contributed by atoms with Gasteiger partial charge >= 0.3 is 0 Å². The molecule has 2 aromatic rings. The highest BCUT2D eigenvalue weighted by molar-refractivity contribution is 5.62. The molecule has 1 aromatic heterocycles. The van der Waals surface area contributed by atoms with Crippen molar-refractivity contribution in [3.8, 4) is 17.0 Å². The molecule has 0 bridgehead atoms. The van der Waals surface area contributed by atoms with Crippen LogP contribution in [0.3, 0.4) is 0 Å². The van der Waals surface area contributed by atoms with Crippen molar-refractivity contribution in [1.29, 1.82) is 0 Å². The van der Waals surface area contributed by atoms with Crippen LogP contribution in [0.15, 0.2) is 36.7 Å². The first-order valence-corrected chi connectivity index (χ1v) is 6.58. The molecule has 0 aliphatic heterocycles. The van der Waals surface area contributed by atoms with Crippen LogP contribution in [0, 0.1) is 0 Å². The van der Waals surface area contributed by atoms with Gasteiger partial charge in [0.15, 0.2) is 0 Å². The Hall–Kier alpha value is -1.94. The Kier molecular flexibility index (Phi) is 4.86. The molecule has 1 heterocycles. The van der Waals surface area contributed by atoms with Crippen LogP contribution >= 0.6 is 0 Å². The van der Waals surface area contributed by atoms with Gasteiger partial charge in [-0.15, -0.1) is 0 Å². The zero-order valence-corrected chi connectivity index (χ0v) is 11.2. The predicted molar refractivity (Wildman–Crippen MR) is 75.8 cm³/mol. The SMILES string of the molecule is CCCCOc1ccc(-c2nccnc2CN)cc1. The van der Waals surface area contributed by atoms with Gasteiger partial charge in [0.25, 0.3) is 0 Å². The van der Waals surface area contributed by atoms with Gasteiger partial charge in [-0.3, -0.25) is 9.97 Å². The van der Waals surface area contributed by atoms with Gasteiger partial charge in [-0.05, 0) is 30.7 Å². The normalized spacial score (nSPS) is 10.4. The van der Waals surface area contributed by atoms with Gasteiger partial charge in [-0.25, -0.2) is 0 Å². The van der Waals surface area contributed by atoms with E-state index >= 15 is 0 Å². The minimum absolute atomic E-state index is 0.387. The Balaban J connectivity index is 2.13. The summed E-state index contributed by atoms with van der Waals surface area (Å²) in [6.45, 7) is 3.29. The molecule has 1 aromatic carbocycles. The van der Waals surface area contributed by atoms with Crippen LogP contribution in [-0.2, 0) is 6.54 Å². The first-order valence-electron chi connectivity index (χ1n) is 6.58. The summed E-state index contributed by atoms with van der Waals surface area (Å²) in [5.41, 5.74) is 8.33. The van der Waals surface area contributed by atoms with E-state index in [-0.39, 0.29) is 0 Å². The average molecular weight is 257 g/mol. The number of nitrogens with two attached hydrogens (primary N) is 1. The van der Waals surface area contributed by atoms with Crippen LogP contribution < -0.4 is 10.5 Å². The van der Waals surface area contributed by atoms with Crippen LogP contribution in [0.25, 0.3) is 11.3 Å². The van der Waals surface area contributed by atoms with Crippen molar-refractivity contribution in [2.24, 2.45) is 5.73 Å². The van der Waals surface area contributed by atoms with E-state index in [1.54, 1.807) is 12.4 Å². The molecule has 4 heteroatoms. The van der Waals surface area contributed by atoms with E-state index in [4.69, 9.17) is 10.5 Å². The molecule has 100 valence electrons. The highest BCUT2D eigenvalue weighted by Crippen LogP contribution is 2.22. The molecule has 0 aliphatic rings. The maximum Gasteiger partial charge on any atom is 0.119 e. The third-order valence-electron chi connectivity index (χ3n) is 2.86. The van der Waals surface area contributed by atoms with Crippen LogP contribution in [0.5, 0.6) is 5.75 Å². The molecular weight excluding hydrogens is 238 g/mol. The Morgan fingerprint density at radius 3 is 2.53 bits per heavy atom. The lowest BCUT2D eigenvalue weighted by atomic mass is 10.1. The van der Waals surface area contributed by atoms with Crippen molar-refractivity contribution < 1.29 is 4.74 Å². The molecule has 0 aliphatic carbocycles. The molecule has 0 fully saturated rings. The van der Waals surface area contributed by atoms with Gasteiger partial charge in [-0.1, -0.05) is 13.3 Å². The van der Waals surface area contributed by atoms with Gasteiger partial charge in [0.1, 0.15) is 5.75 Å². The van der Waals surface area contributed by atoms with E-state index in [1.807, 2.05) is 24.3 Å². The summed E-state index contributed by atoms with van der Waals surface area (Å²) >= 11 is 0. The summed E-state index contributed by atoms with van der Waals surface area (Å²) in [6, 6.07) is 7.90. The summed E-state index contributed by atoms with van der Waals surface area (Å²) < 4.78 is 5.63. The monoisotopic (exact) mass is 257 g/mol. The standard InChI is InChI=1S/C15H19N3O/c1-2-3-10-19-13-6-4-12(5-7-13)15-14(11-16)17-8-9-18-15/h4-9H,2-3,10-11,16H2,1H3. The number of hydrogen-bond donors (Lipinski definition) is 1. The van der Waals surface area contributed by atoms with Crippen LogP contribution in [0.4, 0.5) is 0 Å². The van der Waals surface area contributed by atoms with Crippen molar-refractivity contribution in [3.05, 3.63) is 42.4 Å². The summed E-state index contributed by atoms with van der Waals surface area (Å²) in [7, 11) is 0. The van der Waals surface area contributed by atoms with Crippen molar-refractivity contribution in [2.45, 2.75) is 26.3 Å². The van der Waals surface area contributed by atoms with Crippen LogP contribution in [-0.4, -0.2) is 16.6 Å². The lowest BCUT2D eigenvalue weighted by Crippen LogP contribution is -2.03. The Morgan fingerprint density at radius 2 is 1.84 bits per heavy atom. The fourth-order valence-electron chi connectivity index (χ4n) is 1.80. The first-order chi connectivity index (χ1) is 9.35. The quantitative estimate of drug-likeness (QED) is 0.808. The van der Waals surface area contributed by atoms with Crippen LogP contribution in [0.2, 0.25) is 0 Å². The zero-order chi connectivity index (χ0) is 13.5. The summed E-state index contributed by atoms with van der Waals surface area (Å²) in [6.07, 6.45) is 5.55. The Bertz CT molecular complexity index is 511. The summed E-state index contributed by atoms with van der Waals surface area (Å²) in [4.78, 5) is 8.58. The average Bonchev–Trinajstić information content (AvgIpc) is 2.48. The third-order valence-corrected chi connectivity index (χ3v) is 2.86. The van der Waals surface area contributed by atoms with E-state index in [2.05, 4.69) is 16.9 Å². The van der Waals surface area contributed by atoms with Gasteiger partial charge < -0.3 is 10.5 Å². The largest absolute Gasteiger partial charge is 0.494 e. The summed E-state index contributed by atoms with van der Waals surface area (Å²) in [5.74, 6) is 0.885. The molecule has 4 nitrogen and oxygen atoms in total. The maximum atomic E-state index is 5.67. The number of benzene rings is 1. The lowest BCUT2D eigenvalue weighted by molar-refractivity contribution is 0.309. The molecule has 0 spiro atoms. The van der Waals surface area contributed by atoms with Gasteiger partial charge in [0, 0.05) is 24.5 Å². The topological polar surface area (TPSA) is 61.0 Å². The molecule has 0 amide bonds. The third kappa shape index (κ3) is 3.51. The van der Waals surface area contributed by atoms with Crippen molar-refractivity contribution in [3.63, 3.8) is 0 Å². The second-order valence-electron chi connectivity index (χ2n) is 4.28. The Morgan fingerprint density at radius 1 is 1.11 bits per heavy atom. The molecule has 0 saturated heterocycles. The molecule has 2 rings (SSSR count). The summed E-state index contributed by atoms with van der Waals surface area (Å²) in [5, 5.41) is 0. The van der Waals surface area contributed by atoms with E-state index in [1.165, 1.54) is 0 Å². The number of ether oxygens (including phenoxy) is 1. The second kappa shape index (κ2) is 6.85. The van der Waals surface area contributed by atoms with E-state index in [0.29, 0.717) is 6.54 Å². The number of nitrogens with zero attached hydrogens (tertiary/aromatic N) is 2. The highest BCUT2D eigenvalue weighted by atomic mass is 16.5. The van der Waals surface area contributed by atoms with Crippen molar-refractivity contribution in [1.82, 2.24) is 9.97 Å². The number of unbranched alkanes of at least 4 members (excludes halogenated alkanes) is 1.